The summed E-state index contributed by atoms with van der Waals surface area (Å²) in [5, 5.41) is -0.0140. The van der Waals surface area contributed by atoms with E-state index in [1.165, 1.54) is 18.2 Å². The van der Waals surface area contributed by atoms with Crippen LogP contribution in [0.1, 0.15) is 5.56 Å². The van der Waals surface area contributed by atoms with Crippen LogP contribution in [0.4, 0.5) is 0 Å². The first kappa shape index (κ1) is 10.2. The highest BCUT2D eigenvalue weighted by atomic mass is 35.5. The molecule has 0 amide bonds. The van der Waals surface area contributed by atoms with E-state index in [1.54, 1.807) is 6.07 Å². The molecule has 13 heavy (non-hydrogen) atoms. The second-order valence-corrected chi connectivity index (χ2v) is 4.10. The molecule has 0 aliphatic carbocycles. The van der Waals surface area contributed by atoms with E-state index in [4.69, 9.17) is 16.2 Å². The van der Waals surface area contributed by atoms with E-state index in [9.17, 15) is 8.42 Å². The van der Waals surface area contributed by atoms with E-state index in [0.717, 1.165) is 0 Å². The Hall–Kier alpha value is -0.840. The Kier molecular flexibility index (Phi) is 2.75. The van der Waals surface area contributed by atoms with Crippen LogP contribution in [-0.4, -0.2) is 13.0 Å². The first-order valence-corrected chi connectivity index (χ1v) is 5.17. The molecule has 0 heterocycles. The molecule has 3 nitrogen and oxygen atoms in total. The molecule has 0 unspecified atom stereocenters. The molecule has 1 rings (SSSR count). The highest BCUT2D eigenvalue weighted by molar-refractivity contribution is 7.86. The van der Waals surface area contributed by atoms with Gasteiger partial charge in [0.1, 0.15) is 4.90 Å². The molecule has 0 aliphatic heterocycles. The van der Waals surface area contributed by atoms with Gasteiger partial charge in [-0.2, -0.15) is 8.42 Å². The summed E-state index contributed by atoms with van der Waals surface area (Å²) in [6.07, 6.45) is 1.31. The summed E-state index contributed by atoms with van der Waals surface area (Å²) in [5.74, 6) is 0. The molecular formula is C8H7ClO3S. The topological polar surface area (TPSA) is 54.4 Å². The second kappa shape index (κ2) is 3.49. The smallest absolute Gasteiger partial charge is 0.282 e. The van der Waals surface area contributed by atoms with Gasteiger partial charge in [0.25, 0.3) is 10.1 Å². The molecule has 0 bridgehead atoms. The number of rotatable bonds is 2. The van der Waals surface area contributed by atoms with Gasteiger partial charge in [-0.15, -0.1) is 0 Å². The summed E-state index contributed by atoms with van der Waals surface area (Å²) >= 11 is 5.61. The molecule has 0 atom stereocenters. The van der Waals surface area contributed by atoms with Crippen molar-refractivity contribution in [2.24, 2.45) is 0 Å². The monoisotopic (exact) mass is 218 g/mol. The van der Waals surface area contributed by atoms with Gasteiger partial charge in [-0.05, 0) is 11.6 Å². The van der Waals surface area contributed by atoms with Gasteiger partial charge in [-0.1, -0.05) is 36.4 Å². The molecule has 0 aromatic heterocycles. The standard InChI is InChI=1S/C8H7ClO3S/c1-2-6-4-3-5-7(9)8(6)13(10,11)12/h2-5H,1H2,(H,10,11,12). The third-order valence-corrected chi connectivity index (χ3v) is 2.87. The zero-order valence-electron chi connectivity index (χ0n) is 6.57. The largest absolute Gasteiger partial charge is 0.296 e. The second-order valence-electron chi connectivity index (χ2n) is 2.34. The van der Waals surface area contributed by atoms with Crippen molar-refractivity contribution >= 4 is 27.8 Å². The molecule has 0 radical (unpaired) electrons. The van der Waals surface area contributed by atoms with Crippen LogP contribution >= 0.6 is 11.6 Å². The molecule has 5 heteroatoms. The zero-order valence-corrected chi connectivity index (χ0v) is 8.14. The van der Waals surface area contributed by atoms with E-state index in [0.29, 0.717) is 0 Å². The van der Waals surface area contributed by atoms with Crippen molar-refractivity contribution in [3.05, 3.63) is 35.4 Å². The summed E-state index contributed by atoms with van der Waals surface area (Å²) in [7, 11) is -4.28. The van der Waals surface area contributed by atoms with Crippen molar-refractivity contribution in [1.82, 2.24) is 0 Å². The number of halogens is 1. The van der Waals surface area contributed by atoms with Gasteiger partial charge in [0.2, 0.25) is 0 Å². The van der Waals surface area contributed by atoms with Crippen LogP contribution in [0.3, 0.4) is 0 Å². The van der Waals surface area contributed by atoms with Gasteiger partial charge in [0, 0.05) is 0 Å². The van der Waals surface area contributed by atoms with E-state index in [2.05, 4.69) is 6.58 Å². The van der Waals surface area contributed by atoms with Crippen LogP contribution < -0.4 is 0 Å². The highest BCUT2D eigenvalue weighted by Gasteiger charge is 2.17. The summed E-state index contributed by atoms with van der Waals surface area (Å²) in [6, 6.07) is 4.47. The summed E-state index contributed by atoms with van der Waals surface area (Å²) in [4.78, 5) is -0.299. The molecular weight excluding hydrogens is 212 g/mol. The van der Waals surface area contributed by atoms with Crippen molar-refractivity contribution in [3.63, 3.8) is 0 Å². The van der Waals surface area contributed by atoms with E-state index in [-0.39, 0.29) is 15.5 Å². The maximum atomic E-state index is 10.9. The fourth-order valence-corrected chi connectivity index (χ4v) is 2.20. The average Bonchev–Trinajstić information content (AvgIpc) is 2.01. The molecule has 0 fully saturated rings. The Morgan fingerprint density at radius 1 is 1.46 bits per heavy atom. The minimum atomic E-state index is -4.28. The van der Waals surface area contributed by atoms with Crippen LogP contribution in [0.15, 0.2) is 29.7 Å². The van der Waals surface area contributed by atoms with Crippen LogP contribution in [0.2, 0.25) is 5.02 Å². The SMILES string of the molecule is C=Cc1cccc(Cl)c1S(=O)(=O)O. The van der Waals surface area contributed by atoms with Crippen LogP contribution in [0.25, 0.3) is 6.08 Å². The van der Waals surface area contributed by atoms with E-state index >= 15 is 0 Å². The Balaban J connectivity index is 3.59. The summed E-state index contributed by atoms with van der Waals surface area (Å²) in [5.41, 5.74) is 0.287. The predicted octanol–water partition coefficient (Wildman–Crippen LogP) is 2.23. The lowest BCUT2D eigenvalue weighted by molar-refractivity contribution is 0.483. The van der Waals surface area contributed by atoms with Crippen LogP contribution in [-0.2, 0) is 10.1 Å². The van der Waals surface area contributed by atoms with Crippen molar-refractivity contribution in [2.75, 3.05) is 0 Å². The number of hydrogen-bond donors (Lipinski definition) is 1. The molecule has 1 aromatic rings. The number of benzene rings is 1. The van der Waals surface area contributed by atoms with Gasteiger partial charge >= 0.3 is 0 Å². The molecule has 1 N–H and O–H groups in total. The first-order chi connectivity index (χ1) is 5.96. The van der Waals surface area contributed by atoms with Crippen molar-refractivity contribution < 1.29 is 13.0 Å². The van der Waals surface area contributed by atoms with Gasteiger partial charge in [0.15, 0.2) is 0 Å². The normalized spacial score (nSPS) is 11.2. The molecule has 0 saturated heterocycles. The summed E-state index contributed by atoms with van der Waals surface area (Å²) in [6.45, 7) is 3.41. The van der Waals surface area contributed by atoms with E-state index in [1.807, 2.05) is 0 Å². The minimum absolute atomic E-state index is 0.0140. The Labute approximate surface area is 81.4 Å². The maximum absolute atomic E-state index is 10.9. The summed E-state index contributed by atoms with van der Waals surface area (Å²) < 4.78 is 30.5. The zero-order chi connectivity index (χ0) is 10.1. The quantitative estimate of drug-likeness (QED) is 0.775. The Morgan fingerprint density at radius 2 is 2.08 bits per heavy atom. The molecule has 0 saturated carbocycles. The fourth-order valence-electron chi connectivity index (χ4n) is 0.958. The van der Waals surface area contributed by atoms with Crippen molar-refractivity contribution in [3.8, 4) is 0 Å². The van der Waals surface area contributed by atoms with Gasteiger partial charge in [-0.3, -0.25) is 4.55 Å². The molecule has 1 aromatic carbocycles. The minimum Gasteiger partial charge on any atom is -0.282 e. The van der Waals surface area contributed by atoms with E-state index < -0.39 is 10.1 Å². The Bertz CT molecular complexity index is 437. The maximum Gasteiger partial charge on any atom is 0.296 e. The molecule has 0 aliphatic rings. The fraction of sp³-hybridized carbons (Fsp3) is 0. The van der Waals surface area contributed by atoms with Gasteiger partial charge in [0.05, 0.1) is 5.02 Å². The van der Waals surface area contributed by atoms with Crippen molar-refractivity contribution in [2.45, 2.75) is 4.90 Å². The number of hydrogen-bond acceptors (Lipinski definition) is 2. The molecule has 70 valence electrons. The molecule has 0 spiro atoms. The first-order valence-electron chi connectivity index (χ1n) is 3.35. The highest BCUT2D eigenvalue weighted by Crippen LogP contribution is 2.25. The lowest BCUT2D eigenvalue weighted by Gasteiger charge is -2.03. The Morgan fingerprint density at radius 3 is 2.46 bits per heavy atom. The van der Waals surface area contributed by atoms with Crippen molar-refractivity contribution in [1.29, 1.82) is 0 Å². The predicted molar refractivity (Wildman–Crippen MR) is 51.4 cm³/mol. The van der Waals surface area contributed by atoms with Gasteiger partial charge in [-0.25, -0.2) is 0 Å². The third kappa shape index (κ3) is 2.09. The third-order valence-electron chi connectivity index (χ3n) is 1.48. The van der Waals surface area contributed by atoms with Crippen LogP contribution in [0, 0.1) is 0 Å². The lowest BCUT2D eigenvalue weighted by Crippen LogP contribution is -2.01. The lowest BCUT2D eigenvalue weighted by atomic mass is 10.2. The average molecular weight is 219 g/mol. The van der Waals surface area contributed by atoms with Crippen LogP contribution in [0.5, 0.6) is 0 Å². The van der Waals surface area contributed by atoms with Gasteiger partial charge < -0.3 is 0 Å².